The van der Waals surface area contributed by atoms with E-state index >= 15 is 0 Å². The molecule has 0 saturated heterocycles. The third kappa shape index (κ3) is 3.32. The zero-order valence-electron chi connectivity index (χ0n) is 14.9. The van der Waals surface area contributed by atoms with Gasteiger partial charge in [-0.15, -0.1) is 0 Å². The molecule has 4 nitrogen and oxygen atoms in total. The fraction of sp³-hybridized carbons (Fsp3) is 0.571. The van der Waals surface area contributed by atoms with Crippen molar-refractivity contribution in [2.24, 2.45) is 11.8 Å². The van der Waals surface area contributed by atoms with E-state index in [1.54, 1.807) is 12.1 Å². The number of hydrogen-bond donors (Lipinski definition) is 2. The molecule has 25 heavy (non-hydrogen) atoms. The number of nitrogens with one attached hydrogen (secondary N) is 1. The van der Waals surface area contributed by atoms with Crippen LogP contribution in [-0.4, -0.2) is 28.8 Å². The van der Waals surface area contributed by atoms with Crippen LogP contribution in [-0.2, 0) is 0 Å². The van der Waals surface area contributed by atoms with Crippen molar-refractivity contribution in [3.8, 4) is 5.75 Å². The van der Waals surface area contributed by atoms with Gasteiger partial charge in [-0.25, -0.2) is 0 Å². The lowest BCUT2D eigenvalue weighted by molar-refractivity contribution is -0.139. The van der Waals surface area contributed by atoms with Crippen LogP contribution in [0, 0.1) is 11.8 Å². The zero-order chi connectivity index (χ0) is 17.7. The van der Waals surface area contributed by atoms with Crippen LogP contribution in [0.15, 0.2) is 36.4 Å². The molecular formula is C21H27NO3. The molecule has 4 saturated carbocycles. The Hall–Kier alpha value is -1.81. The maximum atomic E-state index is 12.8. The third-order valence-corrected chi connectivity index (χ3v) is 6.01. The van der Waals surface area contributed by atoms with Gasteiger partial charge in [-0.3, -0.25) is 4.79 Å². The van der Waals surface area contributed by atoms with Crippen molar-refractivity contribution in [1.29, 1.82) is 0 Å². The number of rotatable bonds is 5. The van der Waals surface area contributed by atoms with E-state index in [-0.39, 0.29) is 11.4 Å². The first kappa shape index (κ1) is 16.6. The number of hydrogen-bond acceptors (Lipinski definition) is 3. The minimum atomic E-state index is -0.558. The number of amides is 1. The molecule has 4 aliphatic carbocycles. The van der Waals surface area contributed by atoms with Gasteiger partial charge in [0.1, 0.15) is 12.4 Å². The SMILES string of the molecule is C=C(C)COc1ccc(C(=O)NC23C[C@H]4C[C@@H](CC(O)(C4)C2)C3)cc1. The number of ether oxygens (including phenoxy) is 1. The summed E-state index contributed by atoms with van der Waals surface area (Å²) in [5.74, 6) is 1.81. The van der Waals surface area contributed by atoms with Gasteiger partial charge in [0.05, 0.1) is 5.60 Å². The van der Waals surface area contributed by atoms with Crippen LogP contribution < -0.4 is 10.1 Å². The minimum absolute atomic E-state index is 0.0444. The van der Waals surface area contributed by atoms with Crippen LogP contribution in [0.4, 0.5) is 0 Å². The van der Waals surface area contributed by atoms with Crippen LogP contribution in [0.1, 0.15) is 55.8 Å². The summed E-state index contributed by atoms with van der Waals surface area (Å²) in [6, 6.07) is 7.26. The Morgan fingerprint density at radius 2 is 1.88 bits per heavy atom. The lowest BCUT2D eigenvalue weighted by Gasteiger charge is -2.60. The number of benzene rings is 1. The first-order chi connectivity index (χ1) is 11.8. The summed E-state index contributed by atoms with van der Waals surface area (Å²) in [6.07, 6.45) is 5.77. The van der Waals surface area contributed by atoms with Crippen LogP contribution in [0.25, 0.3) is 0 Å². The van der Waals surface area contributed by atoms with Gasteiger partial charge in [0.25, 0.3) is 5.91 Å². The number of carbonyl (C=O) groups excluding carboxylic acids is 1. The van der Waals surface area contributed by atoms with Gasteiger partial charge >= 0.3 is 0 Å². The van der Waals surface area contributed by atoms with Gasteiger partial charge < -0.3 is 15.2 Å². The van der Waals surface area contributed by atoms with Crippen LogP contribution in [0.3, 0.4) is 0 Å². The summed E-state index contributed by atoms with van der Waals surface area (Å²) in [5.41, 5.74) is 0.829. The molecule has 0 heterocycles. The predicted molar refractivity (Wildman–Crippen MR) is 96.6 cm³/mol. The van der Waals surface area contributed by atoms with Gasteiger partial charge in [0.15, 0.2) is 0 Å². The molecular weight excluding hydrogens is 314 g/mol. The first-order valence-electron chi connectivity index (χ1n) is 9.27. The van der Waals surface area contributed by atoms with Crippen LogP contribution in [0.2, 0.25) is 0 Å². The maximum absolute atomic E-state index is 12.8. The summed E-state index contributed by atoms with van der Waals surface area (Å²) in [5, 5.41) is 14.1. The Kier molecular flexibility index (Phi) is 3.91. The van der Waals surface area contributed by atoms with Crippen molar-refractivity contribution in [2.45, 2.75) is 56.6 Å². The van der Waals surface area contributed by atoms with E-state index in [0.717, 1.165) is 37.0 Å². The molecule has 0 radical (unpaired) electrons. The highest BCUT2D eigenvalue weighted by molar-refractivity contribution is 5.94. The summed E-state index contributed by atoms with van der Waals surface area (Å²) < 4.78 is 5.59. The van der Waals surface area contributed by atoms with E-state index < -0.39 is 5.60 Å². The van der Waals surface area contributed by atoms with Gasteiger partial charge in [-0.1, -0.05) is 6.58 Å². The van der Waals surface area contributed by atoms with Crippen molar-refractivity contribution in [3.63, 3.8) is 0 Å². The molecule has 0 spiro atoms. The molecule has 2 atom stereocenters. The van der Waals surface area contributed by atoms with E-state index in [1.165, 1.54) is 6.42 Å². The largest absolute Gasteiger partial charge is 0.489 e. The summed E-state index contributed by atoms with van der Waals surface area (Å²) in [4.78, 5) is 12.8. The van der Waals surface area contributed by atoms with Gasteiger partial charge in [-0.2, -0.15) is 0 Å². The van der Waals surface area contributed by atoms with Crippen molar-refractivity contribution in [3.05, 3.63) is 42.0 Å². The predicted octanol–water partition coefficient (Wildman–Crippen LogP) is 3.46. The van der Waals surface area contributed by atoms with Gasteiger partial charge in [0.2, 0.25) is 0 Å². The molecule has 4 bridgehead atoms. The van der Waals surface area contributed by atoms with E-state index in [4.69, 9.17) is 4.74 Å². The average molecular weight is 341 g/mol. The fourth-order valence-electron chi connectivity index (χ4n) is 5.58. The Bertz CT molecular complexity index is 680. The second-order valence-electron chi connectivity index (χ2n) is 8.69. The topological polar surface area (TPSA) is 58.6 Å². The average Bonchev–Trinajstić information content (AvgIpc) is 2.50. The Labute approximate surface area is 149 Å². The highest BCUT2D eigenvalue weighted by atomic mass is 16.5. The normalized spacial score (nSPS) is 35.4. The number of aliphatic hydroxyl groups is 1. The first-order valence-corrected chi connectivity index (χ1v) is 9.27. The Balaban J connectivity index is 1.44. The second-order valence-corrected chi connectivity index (χ2v) is 8.69. The number of carbonyl (C=O) groups is 1. The smallest absolute Gasteiger partial charge is 0.251 e. The van der Waals surface area contributed by atoms with E-state index in [2.05, 4.69) is 11.9 Å². The van der Waals surface area contributed by atoms with E-state index in [1.807, 2.05) is 19.1 Å². The standard InChI is InChI=1S/C21H27NO3/c1-14(2)12-25-18-5-3-17(4-6-18)19(23)22-20-8-15-7-16(9-20)11-21(24,10-15)13-20/h3-6,15-16,24H,1,7-13H2,2H3,(H,22,23)/t15-,16-,20?,21?/m1/s1. The lowest BCUT2D eigenvalue weighted by atomic mass is 9.51. The molecule has 134 valence electrons. The quantitative estimate of drug-likeness (QED) is 0.807. The van der Waals surface area contributed by atoms with Crippen molar-refractivity contribution < 1.29 is 14.6 Å². The second kappa shape index (κ2) is 5.87. The summed E-state index contributed by atoms with van der Waals surface area (Å²) >= 11 is 0. The van der Waals surface area contributed by atoms with Crippen LogP contribution >= 0.6 is 0 Å². The highest BCUT2D eigenvalue weighted by Gasteiger charge is 2.57. The summed E-state index contributed by atoms with van der Waals surface area (Å²) in [7, 11) is 0. The summed E-state index contributed by atoms with van der Waals surface area (Å²) in [6.45, 7) is 6.22. The Morgan fingerprint density at radius 3 is 2.44 bits per heavy atom. The Morgan fingerprint density at radius 1 is 1.24 bits per heavy atom. The van der Waals surface area contributed by atoms with Gasteiger partial charge in [-0.05, 0) is 87.1 Å². The maximum Gasteiger partial charge on any atom is 0.251 e. The van der Waals surface area contributed by atoms with Crippen molar-refractivity contribution >= 4 is 5.91 Å². The molecule has 1 aromatic carbocycles. The highest BCUT2D eigenvalue weighted by Crippen LogP contribution is 2.57. The monoisotopic (exact) mass is 341 g/mol. The molecule has 2 N–H and O–H groups in total. The van der Waals surface area contributed by atoms with Gasteiger partial charge in [0, 0.05) is 11.1 Å². The molecule has 0 aliphatic heterocycles. The van der Waals surface area contributed by atoms with Crippen LogP contribution in [0.5, 0.6) is 5.75 Å². The molecule has 0 aromatic heterocycles. The fourth-order valence-corrected chi connectivity index (χ4v) is 5.58. The lowest BCUT2D eigenvalue weighted by Crippen LogP contribution is -2.65. The van der Waals surface area contributed by atoms with Crippen molar-refractivity contribution in [1.82, 2.24) is 5.32 Å². The third-order valence-electron chi connectivity index (χ3n) is 6.01. The zero-order valence-corrected chi connectivity index (χ0v) is 14.9. The van der Waals surface area contributed by atoms with Crippen molar-refractivity contribution in [2.75, 3.05) is 6.61 Å². The molecule has 1 amide bonds. The van der Waals surface area contributed by atoms with E-state index in [9.17, 15) is 9.90 Å². The molecule has 0 unspecified atom stereocenters. The minimum Gasteiger partial charge on any atom is -0.489 e. The molecule has 4 aliphatic rings. The molecule has 4 fully saturated rings. The van der Waals surface area contributed by atoms with E-state index in [0.29, 0.717) is 30.4 Å². The molecule has 4 heteroatoms. The molecule has 5 rings (SSSR count). The molecule has 1 aromatic rings.